The van der Waals surface area contributed by atoms with Crippen LogP contribution in [0.4, 0.5) is 5.13 Å². The molecule has 1 aromatic heterocycles. The number of hydrogen-bond donors (Lipinski definition) is 0. The summed E-state index contributed by atoms with van der Waals surface area (Å²) in [5.41, 5.74) is 1.32. The third kappa shape index (κ3) is 5.15. The minimum Gasteiger partial charge on any atom is -0.496 e. The predicted octanol–water partition coefficient (Wildman–Crippen LogP) is 5.25. The largest absolute Gasteiger partial charge is 0.496 e. The fourth-order valence-corrected chi connectivity index (χ4v) is 5.10. The average molecular weight is 514 g/mol. The molecule has 5 rings (SSSR count). The van der Waals surface area contributed by atoms with E-state index in [4.69, 9.17) is 19.2 Å². The fraction of sp³-hybridized carbons (Fsp3) is 0.308. The van der Waals surface area contributed by atoms with Crippen LogP contribution in [0.3, 0.4) is 0 Å². The lowest BCUT2D eigenvalue weighted by Gasteiger charge is -2.22. The average Bonchev–Trinajstić information content (AvgIpc) is 3.26. The molecule has 0 saturated heterocycles. The number of carbonyl (C=O) groups excluding carboxylic acids is 1. The molecule has 0 spiro atoms. The molecular formula is C26H28ClN3O4S. The summed E-state index contributed by atoms with van der Waals surface area (Å²) < 4.78 is 18.0. The maximum absolute atomic E-state index is 13.9. The molecule has 35 heavy (non-hydrogen) atoms. The smallest absolute Gasteiger partial charge is 0.263 e. The lowest BCUT2D eigenvalue weighted by atomic mass is 10.0. The first-order valence-electron chi connectivity index (χ1n) is 11.3. The Labute approximate surface area is 214 Å². The summed E-state index contributed by atoms with van der Waals surface area (Å²) >= 11 is 1.48. The van der Waals surface area contributed by atoms with Crippen LogP contribution in [0.15, 0.2) is 48.5 Å². The van der Waals surface area contributed by atoms with Crippen molar-refractivity contribution in [3.05, 3.63) is 54.1 Å². The first-order chi connectivity index (χ1) is 16.5. The van der Waals surface area contributed by atoms with Gasteiger partial charge in [-0.1, -0.05) is 35.6 Å². The summed E-state index contributed by atoms with van der Waals surface area (Å²) in [6.45, 7) is 2.45. The number of nitrogens with zero attached hydrogens (tertiary/aromatic N) is 3. The van der Waals surface area contributed by atoms with E-state index in [1.807, 2.05) is 62.6 Å². The zero-order valence-electron chi connectivity index (χ0n) is 19.9. The van der Waals surface area contributed by atoms with Gasteiger partial charge in [0.1, 0.15) is 19.0 Å². The van der Waals surface area contributed by atoms with Crippen LogP contribution >= 0.6 is 23.7 Å². The summed E-state index contributed by atoms with van der Waals surface area (Å²) in [4.78, 5) is 22.6. The molecule has 9 heteroatoms. The highest BCUT2D eigenvalue weighted by molar-refractivity contribution is 7.22. The Hall–Kier alpha value is -3.07. The molecule has 1 amide bonds. The van der Waals surface area contributed by atoms with Crippen molar-refractivity contribution < 1.29 is 19.0 Å². The van der Waals surface area contributed by atoms with E-state index in [-0.39, 0.29) is 18.3 Å². The molecule has 0 saturated carbocycles. The molecule has 2 heterocycles. The second-order valence-electron chi connectivity index (χ2n) is 8.47. The van der Waals surface area contributed by atoms with Gasteiger partial charge in [0.05, 0.1) is 22.9 Å². The fourth-order valence-electron chi connectivity index (χ4n) is 4.10. The van der Waals surface area contributed by atoms with E-state index in [0.717, 1.165) is 39.7 Å². The Morgan fingerprint density at radius 3 is 2.40 bits per heavy atom. The van der Waals surface area contributed by atoms with Gasteiger partial charge in [0.2, 0.25) is 0 Å². The molecule has 0 radical (unpaired) electrons. The van der Waals surface area contributed by atoms with Crippen LogP contribution in [0.1, 0.15) is 16.8 Å². The summed E-state index contributed by atoms with van der Waals surface area (Å²) in [5, 5.41) is 2.67. The highest BCUT2D eigenvalue weighted by atomic mass is 35.5. The van der Waals surface area contributed by atoms with Crippen molar-refractivity contribution in [1.82, 2.24) is 9.88 Å². The SMILES string of the molecule is COc1cc2ccccc2cc1C(=O)N(CCCN(C)C)c1nc2cc3c(cc2s1)OCCO3.Cl. The van der Waals surface area contributed by atoms with Gasteiger partial charge in [-0.3, -0.25) is 9.69 Å². The Balaban J connectivity index is 0.00000289. The highest BCUT2D eigenvalue weighted by Gasteiger charge is 2.25. The van der Waals surface area contributed by atoms with Crippen molar-refractivity contribution in [1.29, 1.82) is 0 Å². The molecule has 3 aromatic carbocycles. The molecule has 0 N–H and O–H groups in total. The van der Waals surface area contributed by atoms with E-state index in [9.17, 15) is 4.79 Å². The van der Waals surface area contributed by atoms with E-state index < -0.39 is 0 Å². The quantitative estimate of drug-likeness (QED) is 0.336. The van der Waals surface area contributed by atoms with Gasteiger partial charge in [0.15, 0.2) is 16.6 Å². The summed E-state index contributed by atoms with van der Waals surface area (Å²) in [6, 6.07) is 15.6. The predicted molar refractivity (Wildman–Crippen MR) is 143 cm³/mol. The van der Waals surface area contributed by atoms with Crippen LogP contribution in [-0.2, 0) is 0 Å². The number of thiazole rings is 1. The Morgan fingerprint density at radius 1 is 1.03 bits per heavy atom. The molecule has 0 atom stereocenters. The second-order valence-corrected chi connectivity index (χ2v) is 9.48. The van der Waals surface area contributed by atoms with E-state index in [1.54, 1.807) is 12.0 Å². The lowest BCUT2D eigenvalue weighted by molar-refractivity contribution is 0.0983. The number of methoxy groups -OCH3 is 1. The van der Waals surface area contributed by atoms with Gasteiger partial charge in [-0.25, -0.2) is 4.98 Å². The Bertz CT molecular complexity index is 1310. The number of hydrogen-bond acceptors (Lipinski definition) is 7. The van der Waals surface area contributed by atoms with E-state index in [1.165, 1.54) is 11.3 Å². The topological polar surface area (TPSA) is 64.1 Å². The zero-order valence-corrected chi connectivity index (χ0v) is 21.6. The third-order valence-electron chi connectivity index (χ3n) is 5.80. The molecule has 1 aliphatic rings. The number of amides is 1. The number of benzene rings is 3. The van der Waals surface area contributed by atoms with E-state index in [2.05, 4.69) is 4.90 Å². The van der Waals surface area contributed by atoms with Crippen molar-refractivity contribution in [2.24, 2.45) is 0 Å². The summed E-state index contributed by atoms with van der Waals surface area (Å²) in [5.74, 6) is 1.84. The Kier molecular flexibility index (Phi) is 7.64. The zero-order chi connectivity index (χ0) is 23.7. The molecule has 0 bridgehead atoms. The number of aromatic nitrogens is 1. The van der Waals surface area contributed by atoms with Crippen molar-refractivity contribution in [2.75, 3.05) is 52.4 Å². The highest BCUT2D eigenvalue weighted by Crippen LogP contribution is 2.39. The van der Waals surface area contributed by atoms with Crippen LogP contribution in [0.25, 0.3) is 21.0 Å². The third-order valence-corrected chi connectivity index (χ3v) is 6.84. The molecule has 0 aliphatic carbocycles. The summed E-state index contributed by atoms with van der Waals surface area (Å²) in [6.07, 6.45) is 0.813. The van der Waals surface area contributed by atoms with Gasteiger partial charge in [0, 0.05) is 18.7 Å². The number of carbonyl (C=O) groups is 1. The van der Waals surface area contributed by atoms with Crippen LogP contribution in [0.5, 0.6) is 17.2 Å². The van der Waals surface area contributed by atoms with Crippen molar-refractivity contribution >= 4 is 55.8 Å². The molecule has 7 nitrogen and oxygen atoms in total. The molecule has 4 aromatic rings. The molecule has 1 aliphatic heterocycles. The van der Waals surface area contributed by atoms with Gasteiger partial charge < -0.3 is 19.1 Å². The van der Waals surface area contributed by atoms with Crippen molar-refractivity contribution in [3.8, 4) is 17.2 Å². The Morgan fingerprint density at radius 2 is 1.71 bits per heavy atom. The number of halogens is 1. The van der Waals surface area contributed by atoms with Crippen LogP contribution in [0, 0.1) is 0 Å². The van der Waals surface area contributed by atoms with Crippen molar-refractivity contribution in [3.63, 3.8) is 0 Å². The number of fused-ring (bicyclic) bond motifs is 3. The standard InChI is InChI=1S/C26H27N3O4S.ClH/c1-28(2)9-6-10-29(25(30)19-13-17-7-4-5-8-18(17)14-21(19)31-3)26-27-20-15-22-23(16-24(20)34-26)33-12-11-32-22;/h4-5,7-8,13-16H,6,9-12H2,1-3H3;1H. The monoisotopic (exact) mass is 513 g/mol. The van der Waals surface area contributed by atoms with Crippen molar-refractivity contribution in [2.45, 2.75) is 6.42 Å². The molecule has 0 unspecified atom stereocenters. The van der Waals surface area contributed by atoms with E-state index >= 15 is 0 Å². The number of anilines is 1. The molecular weight excluding hydrogens is 486 g/mol. The van der Waals surface area contributed by atoms with Crippen LogP contribution in [0.2, 0.25) is 0 Å². The minimum atomic E-state index is -0.127. The molecule has 184 valence electrons. The first kappa shape index (κ1) is 25.0. The van der Waals surface area contributed by atoms with Gasteiger partial charge in [0.25, 0.3) is 5.91 Å². The number of rotatable bonds is 7. The second kappa shape index (κ2) is 10.7. The van der Waals surface area contributed by atoms with Gasteiger partial charge in [-0.2, -0.15) is 0 Å². The van der Waals surface area contributed by atoms with Crippen LogP contribution < -0.4 is 19.1 Å². The maximum atomic E-state index is 13.9. The van der Waals surface area contributed by atoms with Gasteiger partial charge in [-0.05, 0) is 50.0 Å². The normalized spacial score (nSPS) is 12.6. The maximum Gasteiger partial charge on any atom is 0.263 e. The van der Waals surface area contributed by atoms with E-state index in [0.29, 0.717) is 42.0 Å². The van der Waals surface area contributed by atoms with Crippen LogP contribution in [-0.4, -0.2) is 63.3 Å². The number of ether oxygens (including phenoxy) is 3. The summed E-state index contributed by atoms with van der Waals surface area (Å²) in [7, 11) is 5.65. The molecule has 0 fully saturated rings. The minimum absolute atomic E-state index is 0. The van der Waals surface area contributed by atoms with Gasteiger partial charge >= 0.3 is 0 Å². The van der Waals surface area contributed by atoms with Gasteiger partial charge in [-0.15, -0.1) is 12.4 Å². The lowest BCUT2D eigenvalue weighted by Crippen LogP contribution is -2.33. The first-order valence-corrected chi connectivity index (χ1v) is 12.1.